The molecule has 18 heavy (non-hydrogen) atoms. The number of rotatable bonds is 3. The zero-order valence-electron chi connectivity index (χ0n) is 9.79. The molecule has 0 saturated carbocycles. The third kappa shape index (κ3) is 2.27. The summed E-state index contributed by atoms with van der Waals surface area (Å²) < 4.78 is 0. The minimum absolute atomic E-state index is 0.0939. The molecule has 0 saturated heterocycles. The lowest BCUT2D eigenvalue weighted by atomic mass is 10.0. The molecular formula is C14H11NO3. The summed E-state index contributed by atoms with van der Waals surface area (Å²) >= 11 is 0. The van der Waals surface area contributed by atoms with Crippen LogP contribution in [0.3, 0.4) is 0 Å². The van der Waals surface area contributed by atoms with E-state index >= 15 is 0 Å². The largest absolute Gasteiger partial charge is 0.298 e. The molecule has 0 radical (unpaired) electrons. The van der Waals surface area contributed by atoms with E-state index in [0.29, 0.717) is 6.29 Å². The van der Waals surface area contributed by atoms with Gasteiger partial charge in [-0.3, -0.25) is 14.9 Å². The molecule has 4 nitrogen and oxygen atoms in total. The van der Waals surface area contributed by atoms with Gasteiger partial charge in [0, 0.05) is 6.07 Å². The van der Waals surface area contributed by atoms with E-state index in [2.05, 4.69) is 0 Å². The van der Waals surface area contributed by atoms with E-state index in [1.54, 1.807) is 6.07 Å². The van der Waals surface area contributed by atoms with Gasteiger partial charge in [-0.2, -0.15) is 0 Å². The molecule has 0 bridgehead atoms. The van der Waals surface area contributed by atoms with Crippen LogP contribution in [-0.4, -0.2) is 11.2 Å². The molecule has 2 rings (SSSR count). The van der Waals surface area contributed by atoms with Crippen molar-refractivity contribution in [3.8, 4) is 11.1 Å². The number of nitrogens with zero attached hydrogens (tertiary/aromatic N) is 1. The molecule has 0 atom stereocenters. The van der Waals surface area contributed by atoms with Crippen LogP contribution in [0, 0.1) is 17.0 Å². The summed E-state index contributed by atoms with van der Waals surface area (Å²) in [6.45, 7) is 1.96. The highest BCUT2D eigenvalue weighted by atomic mass is 16.6. The van der Waals surface area contributed by atoms with Crippen molar-refractivity contribution in [2.75, 3.05) is 0 Å². The smallest absolute Gasteiger partial charge is 0.280 e. The lowest BCUT2D eigenvalue weighted by molar-refractivity contribution is -0.385. The number of aryl methyl sites for hydroxylation is 1. The molecule has 0 N–H and O–H groups in total. The average Bonchev–Trinajstić information content (AvgIpc) is 2.38. The van der Waals surface area contributed by atoms with Crippen molar-refractivity contribution in [1.29, 1.82) is 0 Å². The molecule has 0 amide bonds. The molecular weight excluding hydrogens is 230 g/mol. The first-order valence-electron chi connectivity index (χ1n) is 5.42. The van der Waals surface area contributed by atoms with Gasteiger partial charge in [-0.05, 0) is 24.1 Å². The van der Waals surface area contributed by atoms with Crippen LogP contribution >= 0.6 is 0 Å². The van der Waals surface area contributed by atoms with E-state index in [1.807, 2.05) is 31.2 Å². The topological polar surface area (TPSA) is 60.2 Å². The predicted molar refractivity (Wildman–Crippen MR) is 68.7 cm³/mol. The summed E-state index contributed by atoms with van der Waals surface area (Å²) in [6, 6.07) is 12.3. The summed E-state index contributed by atoms with van der Waals surface area (Å²) in [7, 11) is 0. The highest BCUT2D eigenvalue weighted by Gasteiger charge is 2.14. The van der Waals surface area contributed by atoms with Crippen LogP contribution in [0.4, 0.5) is 5.69 Å². The van der Waals surface area contributed by atoms with E-state index in [9.17, 15) is 14.9 Å². The zero-order valence-corrected chi connectivity index (χ0v) is 9.79. The molecule has 0 heterocycles. The molecule has 0 aliphatic heterocycles. The molecule has 0 spiro atoms. The highest BCUT2D eigenvalue weighted by molar-refractivity contribution is 5.84. The number of nitro benzene ring substituents is 1. The molecule has 0 aliphatic carbocycles. The van der Waals surface area contributed by atoms with Crippen LogP contribution in [0.1, 0.15) is 15.9 Å². The second-order valence-corrected chi connectivity index (χ2v) is 4.02. The Bertz CT molecular complexity index is 620. The highest BCUT2D eigenvalue weighted by Crippen LogP contribution is 2.26. The predicted octanol–water partition coefficient (Wildman–Crippen LogP) is 3.38. The molecule has 2 aromatic rings. The Morgan fingerprint density at radius 1 is 1.11 bits per heavy atom. The third-order valence-corrected chi connectivity index (χ3v) is 2.71. The number of carbonyl (C=O) groups is 1. The van der Waals surface area contributed by atoms with Crippen LogP contribution < -0.4 is 0 Å². The van der Waals surface area contributed by atoms with Crippen molar-refractivity contribution in [2.45, 2.75) is 6.92 Å². The van der Waals surface area contributed by atoms with Gasteiger partial charge in [0.1, 0.15) is 0 Å². The van der Waals surface area contributed by atoms with Crippen molar-refractivity contribution in [3.05, 3.63) is 63.7 Å². The normalized spacial score (nSPS) is 10.1. The average molecular weight is 241 g/mol. The molecule has 0 fully saturated rings. The van der Waals surface area contributed by atoms with Gasteiger partial charge in [0.25, 0.3) is 5.69 Å². The van der Waals surface area contributed by atoms with E-state index < -0.39 is 4.92 Å². The standard InChI is InChI=1S/C14H11NO3/c1-10-3-2-4-11(7-10)12-5-6-13(9-16)14(8-12)15(17)18/h2-9H,1H3. The number of carbonyl (C=O) groups excluding carboxylic acids is 1. The molecule has 0 aliphatic rings. The minimum Gasteiger partial charge on any atom is -0.298 e. The molecule has 0 aromatic heterocycles. The zero-order chi connectivity index (χ0) is 13.1. The van der Waals surface area contributed by atoms with Gasteiger partial charge in [-0.1, -0.05) is 35.9 Å². The Morgan fingerprint density at radius 3 is 2.44 bits per heavy atom. The monoisotopic (exact) mass is 241 g/mol. The first kappa shape index (κ1) is 12.0. The van der Waals surface area contributed by atoms with Gasteiger partial charge in [0.15, 0.2) is 6.29 Å². The van der Waals surface area contributed by atoms with Crippen LogP contribution in [-0.2, 0) is 0 Å². The van der Waals surface area contributed by atoms with Gasteiger partial charge < -0.3 is 0 Å². The summed E-state index contributed by atoms with van der Waals surface area (Å²) in [5, 5.41) is 10.9. The minimum atomic E-state index is -0.539. The summed E-state index contributed by atoms with van der Waals surface area (Å²) in [5.41, 5.74) is 2.64. The number of aldehydes is 1. The fourth-order valence-corrected chi connectivity index (χ4v) is 1.81. The Labute approximate surface area is 104 Å². The van der Waals surface area contributed by atoms with Gasteiger partial charge in [-0.15, -0.1) is 0 Å². The Kier molecular flexibility index (Phi) is 3.19. The number of hydrogen-bond donors (Lipinski definition) is 0. The van der Waals surface area contributed by atoms with Crippen molar-refractivity contribution in [3.63, 3.8) is 0 Å². The lowest BCUT2D eigenvalue weighted by Gasteiger charge is -2.04. The third-order valence-electron chi connectivity index (χ3n) is 2.71. The first-order valence-corrected chi connectivity index (χ1v) is 5.42. The van der Waals surface area contributed by atoms with E-state index in [1.165, 1.54) is 12.1 Å². The van der Waals surface area contributed by atoms with Gasteiger partial charge in [0.2, 0.25) is 0 Å². The van der Waals surface area contributed by atoms with Crippen molar-refractivity contribution < 1.29 is 9.72 Å². The van der Waals surface area contributed by atoms with Crippen LogP contribution in [0.15, 0.2) is 42.5 Å². The molecule has 0 unspecified atom stereocenters. The van der Waals surface area contributed by atoms with E-state index in [0.717, 1.165) is 16.7 Å². The fraction of sp³-hybridized carbons (Fsp3) is 0.0714. The van der Waals surface area contributed by atoms with Gasteiger partial charge in [0.05, 0.1) is 10.5 Å². The van der Waals surface area contributed by atoms with Crippen LogP contribution in [0.2, 0.25) is 0 Å². The summed E-state index contributed by atoms with van der Waals surface area (Å²) in [4.78, 5) is 21.1. The van der Waals surface area contributed by atoms with Gasteiger partial charge >= 0.3 is 0 Å². The summed E-state index contributed by atoms with van der Waals surface area (Å²) in [6.07, 6.45) is 0.498. The number of hydrogen-bond acceptors (Lipinski definition) is 3. The van der Waals surface area contributed by atoms with E-state index in [4.69, 9.17) is 0 Å². The van der Waals surface area contributed by atoms with Crippen molar-refractivity contribution in [2.24, 2.45) is 0 Å². The second kappa shape index (κ2) is 4.79. The second-order valence-electron chi connectivity index (χ2n) is 4.02. The quantitative estimate of drug-likeness (QED) is 0.470. The molecule has 2 aromatic carbocycles. The van der Waals surface area contributed by atoms with Gasteiger partial charge in [-0.25, -0.2) is 0 Å². The maximum atomic E-state index is 10.9. The molecule has 90 valence electrons. The summed E-state index contributed by atoms with van der Waals surface area (Å²) in [5.74, 6) is 0. The Morgan fingerprint density at radius 2 is 1.83 bits per heavy atom. The Balaban J connectivity index is 2.56. The van der Waals surface area contributed by atoms with Crippen LogP contribution in [0.5, 0.6) is 0 Å². The SMILES string of the molecule is Cc1cccc(-c2ccc(C=O)c([N+](=O)[O-])c2)c1. The maximum absolute atomic E-state index is 10.9. The first-order chi connectivity index (χ1) is 8.61. The Hall–Kier alpha value is -2.49. The van der Waals surface area contributed by atoms with Crippen molar-refractivity contribution >= 4 is 12.0 Å². The van der Waals surface area contributed by atoms with Crippen LogP contribution in [0.25, 0.3) is 11.1 Å². The molecule has 4 heteroatoms. The van der Waals surface area contributed by atoms with E-state index in [-0.39, 0.29) is 11.3 Å². The fourth-order valence-electron chi connectivity index (χ4n) is 1.81. The number of benzene rings is 2. The number of nitro groups is 1. The lowest BCUT2D eigenvalue weighted by Crippen LogP contribution is -1.94. The maximum Gasteiger partial charge on any atom is 0.280 e. The van der Waals surface area contributed by atoms with Crippen molar-refractivity contribution in [1.82, 2.24) is 0 Å².